The molecule has 0 atom stereocenters. The summed E-state index contributed by atoms with van der Waals surface area (Å²) in [6, 6.07) is 1.96. The van der Waals surface area contributed by atoms with Crippen LogP contribution in [0.5, 0.6) is 0 Å². The van der Waals surface area contributed by atoms with E-state index in [0.717, 1.165) is 25.1 Å². The number of aromatic nitrogens is 2. The molecule has 4 heteroatoms. The second-order valence-corrected chi connectivity index (χ2v) is 5.66. The van der Waals surface area contributed by atoms with Gasteiger partial charge in [0.05, 0.1) is 0 Å². The molecule has 0 radical (unpaired) electrons. The molecule has 1 aromatic heterocycles. The monoisotopic (exact) mass is 252 g/mol. The molecular weight excluding hydrogens is 232 g/mol. The summed E-state index contributed by atoms with van der Waals surface area (Å²) < 4.78 is 6.30. The molecule has 3 nitrogen and oxygen atoms in total. The molecule has 1 N–H and O–H groups in total. The third kappa shape index (κ3) is 2.58. The number of rotatable bonds is 4. The third-order valence-electron chi connectivity index (χ3n) is 3.41. The van der Waals surface area contributed by atoms with Gasteiger partial charge in [-0.15, -0.1) is 0 Å². The Morgan fingerprint density at radius 2 is 2.24 bits per heavy atom. The van der Waals surface area contributed by atoms with Crippen LogP contribution in [0.2, 0.25) is 0 Å². The Labute approximate surface area is 108 Å². The minimum atomic E-state index is -0.208. The molecule has 0 saturated heterocycles. The van der Waals surface area contributed by atoms with Crippen molar-refractivity contribution in [3.63, 3.8) is 0 Å². The highest BCUT2D eigenvalue weighted by Gasteiger charge is 2.41. The highest BCUT2D eigenvalue weighted by Crippen LogP contribution is 2.42. The molecule has 0 unspecified atom stereocenters. The molecule has 1 aromatic rings. The average molecular weight is 252 g/mol. The molecule has 17 heavy (non-hydrogen) atoms. The van der Waals surface area contributed by atoms with E-state index in [4.69, 9.17) is 17.0 Å². The van der Waals surface area contributed by atoms with Gasteiger partial charge in [0.1, 0.15) is 16.1 Å². The van der Waals surface area contributed by atoms with E-state index in [-0.39, 0.29) is 5.60 Å². The van der Waals surface area contributed by atoms with Gasteiger partial charge in [0.15, 0.2) is 0 Å². The molecule has 0 spiro atoms. The zero-order valence-corrected chi connectivity index (χ0v) is 11.6. The molecule has 0 bridgehead atoms. The Balaban J connectivity index is 2.34. The summed E-state index contributed by atoms with van der Waals surface area (Å²) in [5.74, 6) is 1.52. The first kappa shape index (κ1) is 12.7. The first-order valence-corrected chi connectivity index (χ1v) is 6.62. The van der Waals surface area contributed by atoms with Gasteiger partial charge in [-0.25, -0.2) is 4.98 Å². The number of methoxy groups -OCH3 is 1. The van der Waals surface area contributed by atoms with Crippen molar-refractivity contribution < 1.29 is 4.74 Å². The van der Waals surface area contributed by atoms with Crippen LogP contribution in [0.3, 0.4) is 0 Å². The summed E-state index contributed by atoms with van der Waals surface area (Å²) in [6.45, 7) is 4.40. The molecule has 1 fully saturated rings. The second kappa shape index (κ2) is 4.86. The predicted octanol–water partition coefficient (Wildman–Crippen LogP) is 3.36. The van der Waals surface area contributed by atoms with E-state index in [2.05, 4.69) is 23.8 Å². The number of hydrogen-bond donors (Lipinski definition) is 1. The Morgan fingerprint density at radius 3 is 2.71 bits per heavy atom. The van der Waals surface area contributed by atoms with Crippen LogP contribution in [0, 0.1) is 10.6 Å². The smallest absolute Gasteiger partial charge is 0.140 e. The highest BCUT2D eigenvalue weighted by atomic mass is 32.1. The van der Waals surface area contributed by atoms with Crippen LogP contribution in [0.4, 0.5) is 0 Å². The first-order valence-electron chi connectivity index (χ1n) is 6.21. The highest BCUT2D eigenvalue weighted by molar-refractivity contribution is 7.71. The van der Waals surface area contributed by atoms with Crippen molar-refractivity contribution in [3.8, 4) is 0 Å². The fraction of sp³-hybridized carbons (Fsp3) is 0.692. The molecule has 1 aliphatic rings. The van der Waals surface area contributed by atoms with E-state index in [1.54, 1.807) is 7.11 Å². The zero-order chi connectivity index (χ0) is 12.5. The minimum Gasteiger partial charge on any atom is -0.370 e. The van der Waals surface area contributed by atoms with Gasteiger partial charge in [-0.05, 0) is 37.7 Å². The van der Waals surface area contributed by atoms with Gasteiger partial charge in [0.2, 0.25) is 0 Å². The molecule has 0 amide bonds. The summed E-state index contributed by atoms with van der Waals surface area (Å²) >= 11 is 5.24. The van der Waals surface area contributed by atoms with Crippen LogP contribution in [0.1, 0.15) is 44.6 Å². The lowest BCUT2D eigenvalue weighted by molar-refractivity contribution is -0.0848. The van der Waals surface area contributed by atoms with Crippen LogP contribution < -0.4 is 0 Å². The Morgan fingerprint density at radius 1 is 1.53 bits per heavy atom. The van der Waals surface area contributed by atoms with Gasteiger partial charge >= 0.3 is 0 Å². The first-order chi connectivity index (χ1) is 8.05. The van der Waals surface area contributed by atoms with Crippen LogP contribution >= 0.6 is 12.2 Å². The van der Waals surface area contributed by atoms with Crippen LogP contribution in [-0.2, 0) is 16.8 Å². The zero-order valence-electron chi connectivity index (χ0n) is 10.7. The van der Waals surface area contributed by atoms with Gasteiger partial charge in [-0.3, -0.25) is 0 Å². The normalized spacial score (nSPS) is 18.1. The predicted molar refractivity (Wildman–Crippen MR) is 70.5 cm³/mol. The van der Waals surface area contributed by atoms with Crippen molar-refractivity contribution in [1.82, 2.24) is 9.97 Å². The summed E-state index contributed by atoms with van der Waals surface area (Å²) in [4.78, 5) is 7.85. The SMILES string of the molecule is COC1(c2nc(=S)cc(CC(C)C)[nH]2)CCC1. The van der Waals surface area contributed by atoms with E-state index in [1.807, 2.05) is 6.07 Å². The van der Waals surface area contributed by atoms with E-state index in [0.29, 0.717) is 10.6 Å². The molecular formula is C13H20N2OS. The number of nitrogens with zero attached hydrogens (tertiary/aromatic N) is 1. The van der Waals surface area contributed by atoms with E-state index < -0.39 is 0 Å². The number of H-pyrrole nitrogens is 1. The summed E-state index contributed by atoms with van der Waals surface area (Å²) in [5, 5.41) is 0. The molecule has 0 aliphatic heterocycles. The van der Waals surface area contributed by atoms with Gasteiger partial charge in [-0.1, -0.05) is 26.1 Å². The van der Waals surface area contributed by atoms with Gasteiger partial charge in [0.25, 0.3) is 0 Å². The molecule has 94 valence electrons. The van der Waals surface area contributed by atoms with Crippen molar-refractivity contribution in [2.24, 2.45) is 5.92 Å². The third-order valence-corrected chi connectivity index (χ3v) is 3.62. The van der Waals surface area contributed by atoms with Gasteiger partial charge in [-0.2, -0.15) is 0 Å². The van der Waals surface area contributed by atoms with Crippen molar-refractivity contribution in [2.75, 3.05) is 7.11 Å². The fourth-order valence-electron chi connectivity index (χ4n) is 2.31. The maximum atomic E-state index is 5.63. The quantitative estimate of drug-likeness (QED) is 0.835. The Kier molecular flexibility index (Phi) is 3.64. The van der Waals surface area contributed by atoms with E-state index in [1.165, 1.54) is 12.1 Å². The molecule has 2 rings (SSSR count). The Hall–Kier alpha value is -0.740. The number of ether oxygens (including phenoxy) is 1. The molecule has 1 aliphatic carbocycles. The fourth-order valence-corrected chi connectivity index (χ4v) is 2.54. The molecule has 0 aromatic carbocycles. The number of aromatic amines is 1. The van der Waals surface area contributed by atoms with E-state index in [9.17, 15) is 0 Å². The lowest BCUT2D eigenvalue weighted by Crippen LogP contribution is -2.38. The lowest BCUT2D eigenvalue weighted by Gasteiger charge is -2.39. The minimum absolute atomic E-state index is 0.208. The lowest BCUT2D eigenvalue weighted by atomic mass is 9.79. The largest absolute Gasteiger partial charge is 0.370 e. The summed E-state index contributed by atoms with van der Waals surface area (Å²) in [6.07, 6.45) is 4.27. The second-order valence-electron chi connectivity index (χ2n) is 5.24. The maximum absolute atomic E-state index is 5.63. The van der Waals surface area contributed by atoms with Gasteiger partial charge < -0.3 is 9.72 Å². The van der Waals surface area contributed by atoms with Crippen molar-refractivity contribution in [2.45, 2.75) is 45.1 Å². The van der Waals surface area contributed by atoms with Crippen LogP contribution in [-0.4, -0.2) is 17.1 Å². The Bertz CT molecular complexity index is 443. The van der Waals surface area contributed by atoms with Crippen LogP contribution in [0.15, 0.2) is 6.07 Å². The van der Waals surface area contributed by atoms with Crippen molar-refractivity contribution in [1.29, 1.82) is 0 Å². The number of nitrogens with one attached hydrogen (secondary N) is 1. The van der Waals surface area contributed by atoms with Crippen LogP contribution in [0.25, 0.3) is 0 Å². The van der Waals surface area contributed by atoms with E-state index >= 15 is 0 Å². The van der Waals surface area contributed by atoms with Crippen molar-refractivity contribution >= 4 is 12.2 Å². The number of hydrogen-bond acceptors (Lipinski definition) is 3. The standard InChI is InChI=1S/C13H20N2OS/c1-9(2)7-10-8-11(17)15-12(14-10)13(16-3)5-4-6-13/h8-9H,4-7H2,1-3H3,(H,14,15,17). The van der Waals surface area contributed by atoms with Crippen molar-refractivity contribution in [3.05, 3.63) is 22.2 Å². The maximum Gasteiger partial charge on any atom is 0.140 e. The van der Waals surface area contributed by atoms with Gasteiger partial charge in [0, 0.05) is 12.8 Å². The summed E-state index contributed by atoms with van der Waals surface area (Å²) in [7, 11) is 1.76. The molecule has 1 saturated carbocycles. The average Bonchev–Trinajstić information content (AvgIpc) is 2.14. The molecule has 1 heterocycles. The summed E-state index contributed by atoms with van der Waals surface area (Å²) in [5.41, 5.74) is 0.957. The topological polar surface area (TPSA) is 37.9 Å².